The zero-order valence-electron chi connectivity index (χ0n) is 10.6. The summed E-state index contributed by atoms with van der Waals surface area (Å²) >= 11 is 3.38. The largest absolute Gasteiger partial charge is 0.395 e. The van der Waals surface area contributed by atoms with E-state index in [1.807, 2.05) is 24.3 Å². The summed E-state index contributed by atoms with van der Waals surface area (Å²) in [6.45, 7) is -0.302. The monoisotopic (exact) mass is 325 g/mol. The normalized spacial score (nSPS) is 11.8. The minimum atomic E-state index is -0.739. The number of aliphatic hydroxyl groups is 2. The molecule has 0 atom stereocenters. The van der Waals surface area contributed by atoms with Gasteiger partial charge in [-0.15, -0.1) is 5.10 Å². The average molecular weight is 326 g/mol. The van der Waals surface area contributed by atoms with Crippen LogP contribution < -0.4 is 0 Å². The number of hydrogen-bond donors (Lipinski definition) is 2. The number of aryl methyl sites for hydroxylation is 1. The molecule has 6 heteroatoms. The fourth-order valence-electron chi connectivity index (χ4n) is 2.07. The summed E-state index contributed by atoms with van der Waals surface area (Å²) in [6, 6.07) is 7.58. The molecule has 0 saturated heterocycles. The Balaban J connectivity index is 2.33. The second kappa shape index (κ2) is 5.81. The van der Waals surface area contributed by atoms with Crippen LogP contribution in [0.2, 0.25) is 0 Å². The van der Waals surface area contributed by atoms with Crippen molar-refractivity contribution in [3.05, 3.63) is 46.2 Å². The number of aromatic nitrogens is 3. The summed E-state index contributed by atoms with van der Waals surface area (Å²) in [5.41, 5.74) is 0.886. The van der Waals surface area contributed by atoms with Gasteiger partial charge in [-0.1, -0.05) is 33.3 Å². The highest BCUT2D eigenvalue weighted by molar-refractivity contribution is 9.10. The minimum absolute atomic E-state index is 0.151. The van der Waals surface area contributed by atoms with Crippen LogP contribution in [0.1, 0.15) is 11.3 Å². The molecule has 0 bridgehead atoms. The second-order valence-electron chi connectivity index (χ2n) is 4.66. The summed E-state index contributed by atoms with van der Waals surface area (Å²) < 4.78 is 2.57. The van der Waals surface area contributed by atoms with Crippen molar-refractivity contribution < 1.29 is 10.2 Å². The average Bonchev–Trinajstić information content (AvgIpc) is 2.82. The van der Waals surface area contributed by atoms with Gasteiger partial charge in [-0.2, -0.15) is 0 Å². The Morgan fingerprint density at radius 3 is 2.32 bits per heavy atom. The van der Waals surface area contributed by atoms with Crippen LogP contribution in [0.3, 0.4) is 0 Å². The van der Waals surface area contributed by atoms with Crippen LogP contribution >= 0.6 is 15.9 Å². The molecule has 19 heavy (non-hydrogen) atoms. The standard InChI is InChI=1S/C13H16BrN3O2/c1-17-7-12(15-16-17)6-13(8-18,9-19)10-2-4-11(14)5-3-10/h2-5,7,18-19H,6,8-9H2,1H3. The molecule has 5 nitrogen and oxygen atoms in total. The van der Waals surface area contributed by atoms with Crippen molar-refractivity contribution in [3.63, 3.8) is 0 Å². The van der Waals surface area contributed by atoms with Crippen molar-refractivity contribution in [1.82, 2.24) is 15.0 Å². The van der Waals surface area contributed by atoms with E-state index in [4.69, 9.17) is 0 Å². The lowest BCUT2D eigenvalue weighted by Crippen LogP contribution is -2.37. The number of hydrogen-bond acceptors (Lipinski definition) is 4. The number of nitrogens with zero attached hydrogens (tertiary/aromatic N) is 3. The number of aliphatic hydroxyl groups excluding tert-OH is 2. The van der Waals surface area contributed by atoms with Gasteiger partial charge in [0.15, 0.2) is 0 Å². The van der Waals surface area contributed by atoms with Gasteiger partial charge in [0.25, 0.3) is 0 Å². The zero-order chi connectivity index (χ0) is 13.9. The maximum Gasteiger partial charge on any atom is 0.0837 e. The first-order valence-corrected chi connectivity index (χ1v) is 6.72. The lowest BCUT2D eigenvalue weighted by molar-refractivity contribution is 0.115. The van der Waals surface area contributed by atoms with Crippen molar-refractivity contribution in [2.45, 2.75) is 11.8 Å². The predicted octanol–water partition coefficient (Wildman–Crippen LogP) is 1.04. The molecular weight excluding hydrogens is 310 g/mol. The van der Waals surface area contributed by atoms with Crippen LogP contribution in [-0.2, 0) is 18.9 Å². The molecule has 1 heterocycles. The first-order valence-electron chi connectivity index (χ1n) is 5.92. The molecule has 1 aromatic carbocycles. The molecule has 102 valence electrons. The molecule has 0 aliphatic carbocycles. The molecule has 2 rings (SSSR count). The molecule has 0 aliphatic rings. The van der Waals surface area contributed by atoms with Crippen molar-refractivity contribution in [2.24, 2.45) is 7.05 Å². The third kappa shape index (κ3) is 3.02. The van der Waals surface area contributed by atoms with Crippen molar-refractivity contribution >= 4 is 15.9 Å². The fraction of sp³-hybridized carbons (Fsp3) is 0.385. The van der Waals surface area contributed by atoms with E-state index < -0.39 is 5.41 Å². The molecular formula is C13H16BrN3O2. The van der Waals surface area contributed by atoms with Gasteiger partial charge in [0.2, 0.25) is 0 Å². The minimum Gasteiger partial charge on any atom is -0.395 e. The Hall–Kier alpha value is -1.24. The Morgan fingerprint density at radius 1 is 1.21 bits per heavy atom. The van der Waals surface area contributed by atoms with E-state index >= 15 is 0 Å². The van der Waals surface area contributed by atoms with E-state index in [0.29, 0.717) is 6.42 Å². The maximum atomic E-state index is 9.74. The van der Waals surface area contributed by atoms with Gasteiger partial charge in [0, 0.05) is 29.6 Å². The molecule has 0 fully saturated rings. The van der Waals surface area contributed by atoms with Crippen molar-refractivity contribution in [3.8, 4) is 0 Å². The first-order chi connectivity index (χ1) is 9.09. The highest BCUT2D eigenvalue weighted by atomic mass is 79.9. The molecule has 0 amide bonds. The third-order valence-corrected chi connectivity index (χ3v) is 3.76. The summed E-state index contributed by atoms with van der Waals surface area (Å²) in [5, 5.41) is 27.4. The Kier molecular flexibility index (Phi) is 4.34. The van der Waals surface area contributed by atoms with Crippen LogP contribution in [-0.4, -0.2) is 38.4 Å². The molecule has 0 radical (unpaired) electrons. The van der Waals surface area contributed by atoms with Gasteiger partial charge in [0.1, 0.15) is 0 Å². The van der Waals surface area contributed by atoms with Gasteiger partial charge >= 0.3 is 0 Å². The maximum absolute atomic E-state index is 9.74. The quantitative estimate of drug-likeness (QED) is 0.861. The zero-order valence-corrected chi connectivity index (χ0v) is 12.2. The van der Waals surface area contributed by atoms with E-state index in [1.54, 1.807) is 17.9 Å². The third-order valence-electron chi connectivity index (χ3n) is 3.23. The Labute approximate surface area is 120 Å². The van der Waals surface area contributed by atoms with E-state index in [2.05, 4.69) is 26.2 Å². The topological polar surface area (TPSA) is 71.2 Å². The van der Waals surface area contributed by atoms with Crippen LogP contribution in [0.4, 0.5) is 0 Å². The second-order valence-corrected chi connectivity index (χ2v) is 5.58. The summed E-state index contributed by atoms with van der Waals surface area (Å²) in [4.78, 5) is 0. The van der Waals surface area contributed by atoms with Crippen molar-refractivity contribution in [2.75, 3.05) is 13.2 Å². The first kappa shape index (κ1) is 14.2. The molecule has 0 aliphatic heterocycles. The number of benzene rings is 1. The van der Waals surface area contributed by atoms with Crippen molar-refractivity contribution in [1.29, 1.82) is 0 Å². The van der Waals surface area contributed by atoms with Gasteiger partial charge in [-0.25, -0.2) is 0 Å². The number of rotatable bonds is 5. The highest BCUT2D eigenvalue weighted by Gasteiger charge is 2.32. The van der Waals surface area contributed by atoms with Gasteiger partial charge < -0.3 is 10.2 Å². The molecule has 0 spiro atoms. The Bertz CT molecular complexity index is 535. The van der Waals surface area contributed by atoms with E-state index in [9.17, 15) is 10.2 Å². The van der Waals surface area contributed by atoms with E-state index in [1.165, 1.54) is 0 Å². The molecule has 2 aromatic rings. The molecule has 2 N–H and O–H groups in total. The summed E-state index contributed by atoms with van der Waals surface area (Å²) in [7, 11) is 1.79. The van der Waals surface area contributed by atoms with Gasteiger partial charge in [-0.3, -0.25) is 4.68 Å². The molecule has 0 unspecified atom stereocenters. The predicted molar refractivity (Wildman–Crippen MR) is 74.7 cm³/mol. The molecule has 1 aromatic heterocycles. The van der Waals surface area contributed by atoms with E-state index in [0.717, 1.165) is 15.7 Å². The van der Waals surface area contributed by atoms with E-state index in [-0.39, 0.29) is 13.2 Å². The lowest BCUT2D eigenvalue weighted by atomic mass is 9.78. The fourth-order valence-corrected chi connectivity index (χ4v) is 2.34. The lowest BCUT2D eigenvalue weighted by Gasteiger charge is -2.29. The highest BCUT2D eigenvalue weighted by Crippen LogP contribution is 2.28. The summed E-state index contributed by atoms with van der Waals surface area (Å²) in [5.74, 6) is 0. The summed E-state index contributed by atoms with van der Waals surface area (Å²) in [6.07, 6.45) is 2.23. The molecule has 0 saturated carbocycles. The number of halogens is 1. The van der Waals surface area contributed by atoms with Crippen LogP contribution in [0.15, 0.2) is 34.9 Å². The Morgan fingerprint density at radius 2 is 1.84 bits per heavy atom. The van der Waals surface area contributed by atoms with Crippen LogP contribution in [0, 0.1) is 0 Å². The SMILES string of the molecule is Cn1cc(CC(CO)(CO)c2ccc(Br)cc2)nn1. The smallest absolute Gasteiger partial charge is 0.0837 e. The van der Waals surface area contributed by atoms with Gasteiger partial charge in [-0.05, 0) is 17.7 Å². The van der Waals surface area contributed by atoms with Crippen LogP contribution in [0.25, 0.3) is 0 Å². The van der Waals surface area contributed by atoms with Crippen LogP contribution in [0.5, 0.6) is 0 Å². The van der Waals surface area contributed by atoms with Gasteiger partial charge in [0.05, 0.1) is 18.9 Å².